The summed E-state index contributed by atoms with van der Waals surface area (Å²) in [4.78, 5) is 0. The lowest BCUT2D eigenvalue weighted by atomic mass is 9.72. The summed E-state index contributed by atoms with van der Waals surface area (Å²) in [5.41, 5.74) is 0.851. The number of rotatable bonds is 4. The minimum Gasteiger partial charge on any atom is -0.423 e. The maximum absolute atomic E-state index is 10.2. The van der Waals surface area contributed by atoms with E-state index in [9.17, 15) is 10.1 Å². The highest BCUT2D eigenvalue weighted by molar-refractivity contribution is 6.61. The van der Waals surface area contributed by atoms with Gasteiger partial charge in [0.05, 0.1) is 11.2 Å². The van der Waals surface area contributed by atoms with E-state index in [4.69, 9.17) is 4.65 Å². The highest BCUT2D eigenvalue weighted by Gasteiger charge is 2.40. The van der Waals surface area contributed by atoms with Gasteiger partial charge in [-0.05, 0) is 47.0 Å². The van der Waals surface area contributed by atoms with E-state index in [0.29, 0.717) is 0 Å². The molecular formula is C14H23BO3. The normalized spacial score (nSPS) is 12.7. The molecule has 0 saturated carbocycles. The van der Waals surface area contributed by atoms with Crippen molar-refractivity contribution in [1.82, 2.24) is 0 Å². The minimum atomic E-state index is -1.04. The van der Waals surface area contributed by atoms with E-state index >= 15 is 0 Å². The molecule has 0 radical (unpaired) electrons. The molecule has 4 heteroatoms. The fraction of sp³-hybridized carbons (Fsp3) is 0.571. The van der Waals surface area contributed by atoms with Gasteiger partial charge in [0.15, 0.2) is 0 Å². The molecule has 0 atom stereocenters. The second-order valence-corrected chi connectivity index (χ2v) is 5.85. The molecule has 0 unspecified atom stereocenters. The average molecular weight is 250 g/mol. The van der Waals surface area contributed by atoms with Crippen LogP contribution in [0.4, 0.5) is 0 Å². The maximum atomic E-state index is 10.2. The number of aryl methyl sites for hydroxylation is 2. The summed E-state index contributed by atoms with van der Waals surface area (Å²) in [6.45, 7) is 10.8. The first-order chi connectivity index (χ1) is 8.06. The predicted octanol–water partition coefficient (Wildman–Crippen LogP) is 1.56. The molecule has 0 bridgehead atoms. The van der Waals surface area contributed by atoms with Crippen LogP contribution in [0.2, 0.25) is 0 Å². The molecule has 1 aromatic rings. The Kier molecular flexibility index (Phi) is 4.26. The minimum absolute atomic E-state index is 0.773. The van der Waals surface area contributed by atoms with Crippen LogP contribution in [0.15, 0.2) is 18.2 Å². The molecule has 0 heterocycles. The Hall–Kier alpha value is -0.835. The van der Waals surface area contributed by atoms with Crippen molar-refractivity contribution in [3.05, 3.63) is 29.3 Å². The molecule has 100 valence electrons. The van der Waals surface area contributed by atoms with Crippen molar-refractivity contribution in [2.75, 3.05) is 0 Å². The Morgan fingerprint density at radius 2 is 1.50 bits per heavy atom. The van der Waals surface area contributed by atoms with E-state index in [1.807, 2.05) is 32.0 Å². The third-order valence-electron chi connectivity index (χ3n) is 3.67. The van der Waals surface area contributed by atoms with Crippen LogP contribution in [0.5, 0.6) is 0 Å². The molecule has 0 aliphatic heterocycles. The molecule has 3 nitrogen and oxygen atoms in total. The molecule has 0 amide bonds. The quantitative estimate of drug-likeness (QED) is 0.797. The molecule has 0 aromatic heterocycles. The van der Waals surface area contributed by atoms with E-state index < -0.39 is 18.3 Å². The molecule has 18 heavy (non-hydrogen) atoms. The molecule has 1 aromatic carbocycles. The van der Waals surface area contributed by atoms with Crippen molar-refractivity contribution in [2.45, 2.75) is 52.7 Å². The fourth-order valence-electron chi connectivity index (χ4n) is 1.70. The molecule has 0 saturated heterocycles. The highest BCUT2D eigenvalue weighted by atomic mass is 16.5. The van der Waals surface area contributed by atoms with Gasteiger partial charge in [0.25, 0.3) is 0 Å². The van der Waals surface area contributed by atoms with E-state index in [0.717, 1.165) is 16.6 Å². The zero-order valence-electron chi connectivity index (χ0n) is 12.1. The topological polar surface area (TPSA) is 49.7 Å². The summed E-state index contributed by atoms with van der Waals surface area (Å²) in [5.74, 6) is 0. The van der Waals surface area contributed by atoms with Crippen LogP contribution in [0.1, 0.15) is 38.8 Å². The van der Waals surface area contributed by atoms with Crippen LogP contribution in [-0.4, -0.2) is 28.5 Å². The average Bonchev–Trinajstić information content (AvgIpc) is 2.14. The van der Waals surface area contributed by atoms with Crippen LogP contribution < -0.4 is 5.46 Å². The van der Waals surface area contributed by atoms with Crippen LogP contribution in [0.25, 0.3) is 0 Å². The van der Waals surface area contributed by atoms with Crippen molar-refractivity contribution < 1.29 is 14.8 Å². The number of benzene rings is 1. The van der Waals surface area contributed by atoms with E-state index in [2.05, 4.69) is 0 Å². The van der Waals surface area contributed by atoms with Crippen LogP contribution in [-0.2, 0) is 4.65 Å². The third kappa shape index (κ3) is 3.13. The van der Waals surface area contributed by atoms with E-state index in [1.54, 1.807) is 27.7 Å². The second-order valence-electron chi connectivity index (χ2n) is 5.85. The van der Waals surface area contributed by atoms with Crippen molar-refractivity contribution in [3.63, 3.8) is 0 Å². The Labute approximate surface area is 110 Å². The van der Waals surface area contributed by atoms with Gasteiger partial charge >= 0.3 is 7.12 Å². The SMILES string of the molecule is Cc1cccc(C)c1B(O)OC(C)(C)C(C)(C)O. The summed E-state index contributed by atoms with van der Waals surface area (Å²) < 4.78 is 5.66. The lowest BCUT2D eigenvalue weighted by molar-refractivity contribution is -0.0982. The number of hydrogen-bond donors (Lipinski definition) is 2. The molecule has 2 N–H and O–H groups in total. The zero-order valence-corrected chi connectivity index (χ0v) is 12.1. The lowest BCUT2D eigenvalue weighted by Crippen LogP contribution is -2.53. The monoisotopic (exact) mass is 250 g/mol. The Balaban J connectivity index is 3.00. The van der Waals surface area contributed by atoms with Gasteiger partial charge in [-0.15, -0.1) is 0 Å². The van der Waals surface area contributed by atoms with Crippen molar-refractivity contribution >= 4 is 12.6 Å². The van der Waals surface area contributed by atoms with Gasteiger partial charge in [-0.3, -0.25) is 0 Å². The first-order valence-electron chi connectivity index (χ1n) is 6.20. The second kappa shape index (κ2) is 5.04. The smallest absolute Gasteiger partial charge is 0.423 e. The Bertz CT molecular complexity index is 401. The molecule has 0 spiro atoms. The van der Waals surface area contributed by atoms with Crippen LogP contribution in [0, 0.1) is 13.8 Å². The summed E-state index contributed by atoms with van der Waals surface area (Å²) >= 11 is 0. The lowest BCUT2D eigenvalue weighted by Gasteiger charge is -2.38. The first kappa shape index (κ1) is 15.2. The Morgan fingerprint density at radius 1 is 1.06 bits per heavy atom. The summed E-state index contributed by atoms with van der Waals surface area (Å²) in [7, 11) is -1.03. The van der Waals surface area contributed by atoms with Crippen LogP contribution in [0.3, 0.4) is 0 Å². The number of aliphatic hydroxyl groups is 1. The van der Waals surface area contributed by atoms with Gasteiger partial charge in [0.1, 0.15) is 0 Å². The highest BCUT2D eigenvalue weighted by Crippen LogP contribution is 2.25. The number of hydrogen-bond acceptors (Lipinski definition) is 3. The first-order valence-corrected chi connectivity index (χ1v) is 6.20. The van der Waals surface area contributed by atoms with Crippen molar-refractivity contribution in [2.24, 2.45) is 0 Å². The largest absolute Gasteiger partial charge is 0.492 e. The van der Waals surface area contributed by atoms with Crippen molar-refractivity contribution in [1.29, 1.82) is 0 Å². The Morgan fingerprint density at radius 3 is 1.89 bits per heavy atom. The standard InChI is InChI=1S/C14H23BO3/c1-10-8-7-9-11(2)12(10)15(17)18-14(5,6)13(3,4)16/h7-9,16-17H,1-6H3. The van der Waals surface area contributed by atoms with Gasteiger partial charge < -0.3 is 14.8 Å². The predicted molar refractivity (Wildman–Crippen MR) is 75.0 cm³/mol. The molecule has 0 aliphatic carbocycles. The van der Waals surface area contributed by atoms with Crippen LogP contribution >= 0.6 is 0 Å². The fourth-order valence-corrected chi connectivity index (χ4v) is 1.70. The maximum Gasteiger partial charge on any atom is 0.492 e. The third-order valence-corrected chi connectivity index (χ3v) is 3.67. The molecule has 0 aliphatic rings. The van der Waals surface area contributed by atoms with Crippen molar-refractivity contribution in [3.8, 4) is 0 Å². The van der Waals surface area contributed by atoms with Gasteiger partial charge in [0.2, 0.25) is 0 Å². The van der Waals surface area contributed by atoms with Gasteiger partial charge in [0, 0.05) is 0 Å². The summed E-state index contributed by atoms with van der Waals surface area (Å²) in [6.07, 6.45) is 0. The van der Waals surface area contributed by atoms with E-state index in [1.165, 1.54) is 0 Å². The summed E-state index contributed by atoms with van der Waals surface area (Å²) in [6, 6.07) is 5.82. The van der Waals surface area contributed by atoms with Gasteiger partial charge in [-0.2, -0.15) is 0 Å². The van der Waals surface area contributed by atoms with Gasteiger partial charge in [-0.25, -0.2) is 0 Å². The van der Waals surface area contributed by atoms with Gasteiger partial charge in [-0.1, -0.05) is 29.3 Å². The molecule has 1 rings (SSSR count). The molecular weight excluding hydrogens is 227 g/mol. The summed E-state index contributed by atoms with van der Waals surface area (Å²) in [5, 5.41) is 20.3. The molecule has 0 fully saturated rings. The zero-order chi connectivity index (χ0) is 14.1. The van der Waals surface area contributed by atoms with E-state index in [-0.39, 0.29) is 0 Å².